The van der Waals surface area contributed by atoms with Crippen LogP contribution in [0, 0.1) is 24.0 Å². The highest BCUT2D eigenvalue weighted by Crippen LogP contribution is 2.46. The molecule has 72 heavy (non-hydrogen) atoms. The summed E-state index contributed by atoms with van der Waals surface area (Å²) in [6.45, 7) is 13.9. The molecule has 0 saturated carbocycles. The number of hydrogen-bond acceptors (Lipinski definition) is 11. The number of ether oxygens (including phenoxy) is 1. The summed E-state index contributed by atoms with van der Waals surface area (Å²) in [6.07, 6.45) is 17.3. The van der Waals surface area contributed by atoms with Gasteiger partial charge in [0.1, 0.15) is 35.5 Å². The second-order valence-electron chi connectivity index (χ2n) is 20.3. The zero-order valence-corrected chi connectivity index (χ0v) is 40.7. The Kier molecular flexibility index (Phi) is 13.8. The summed E-state index contributed by atoms with van der Waals surface area (Å²) < 4.78 is 39.1. The molecule has 11 rings (SSSR count). The molecule has 0 aliphatic carbocycles. The summed E-state index contributed by atoms with van der Waals surface area (Å²) in [5.74, 6) is 1.99. The number of fused-ring (bicyclic) bond motifs is 6. The molecule has 6 aliphatic rings. The molecule has 5 saturated heterocycles. The largest absolute Gasteiger partial charge is 0.483 e. The van der Waals surface area contributed by atoms with Gasteiger partial charge in [-0.25, -0.2) is 8.78 Å². The standard InChI is InChI=1S/C55H59F2N9O3.CH2O2/c1-5-7-14-46(52(67)58-4)65-31-44-40(11-9-12-41(44)53(65)68)34-20-23-63(24-21-34)30-38-19-22-55(25-33(3)27-66(38)55)32-69-54-61-50-43(51(62-54)64-28-36-16-17-37(29-64)60-36)26-59-49(48(50)57)42-13-8-10-35-15-18-45(56)39(6-2)47(35)42;2-1-3/h2,5,8-13,15,18,26,34,36-38,46,60H,1,3,7,14,16-17,19-25,27-32H2,4H3,(H,58,67);1H,(H,2,3). The van der Waals surface area contributed by atoms with E-state index in [1.165, 1.54) is 17.2 Å². The number of likely N-dealkylation sites (N-methyl/N-ethyl adjacent to an activating group) is 1. The number of allylic oxidation sites excluding steroid dienone is 1. The summed E-state index contributed by atoms with van der Waals surface area (Å²) >= 11 is 0. The third-order valence-corrected chi connectivity index (χ3v) is 16.1. The predicted octanol–water partition coefficient (Wildman–Crippen LogP) is 7.20. The van der Waals surface area contributed by atoms with Crippen molar-refractivity contribution in [3.8, 4) is 29.6 Å². The van der Waals surface area contributed by atoms with Crippen LogP contribution in [-0.2, 0) is 16.1 Å². The van der Waals surface area contributed by atoms with Crippen LogP contribution >= 0.6 is 0 Å². The fourth-order valence-electron chi connectivity index (χ4n) is 12.8. The van der Waals surface area contributed by atoms with E-state index in [0.717, 1.165) is 89.8 Å². The molecule has 5 aromatic rings. The first kappa shape index (κ1) is 48.8. The molecule has 374 valence electrons. The Morgan fingerprint density at radius 1 is 1.06 bits per heavy atom. The van der Waals surface area contributed by atoms with Crippen molar-refractivity contribution in [2.75, 3.05) is 57.8 Å². The van der Waals surface area contributed by atoms with E-state index in [1.807, 2.05) is 18.2 Å². The van der Waals surface area contributed by atoms with Gasteiger partial charge in [0, 0.05) is 80.6 Å². The first-order valence-electron chi connectivity index (χ1n) is 25.1. The van der Waals surface area contributed by atoms with E-state index in [9.17, 15) is 9.59 Å². The van der Waals surface area contributed by atoms with Crippen LogP contribution in [0.4, 0.5) is 14.6 Å². The van der Waals surface area contributed by atoms with E-state index in [1.54, 1.807) is 42.4 Å². The number of carboxylic acid groups (broad SMARTS) is 1. The van der Waals surface area contributed by atoms with Gasteiger partial charge in [0.05, 0.1) is 16.5 Å². The van der Waals surface area contributed by atoms with Crippen molar-refractivity contribution >= 4 is 45.8 Å². The number of nitrogens with one attached hydrogen (secondary N) is 2. The van der Waals surface area contributed by atoms with Crippen molar-refractivity contribution in [3.05, 3.63) is 113 Å². The molecule has 16 heteroatoms. The monoisotopic (exact) mass is 977 g/mol. The fraction of sp³-hybridized carbons (Fsp3) is 0.429. The summed E-state index contributed by atoms with van der Waals surface area (Å²) in [5, 5.41) is 14.9. The van der Waals surface area contributed by atoms with E-state index in [0.29, 0.717) is 83.1 Å². The molecule has 2 amide bonds. The molecule has 3 N–H and O–H groups in total. The van der Waals surface area contributed by atoms with Crippen molar-refractivity contribution in [2.45, 2.75) is 100.0 Å². The zero-order valence-electron chi connectivity index (χ0n) is 40.7. The summed E-state index contributed by atoms with van der Waals surface area (Å²) in [7, 11) is 1.62. The minimum atomic E-state index is -0.640. The number of carbonyl (C=O) groups excluding carboxylic acids is 2. The van der Waals surface area contributed by atoms with E-state index < -0.39 is 17.7 Å². The molecular weight excluding hydrogens is 917 g/mol. The Hall–Kier alpha value is -6.80. The lowest BCUT2D eigenvalue weighted by atomic mass is 9.85. The van der Waals surface area contributed by atoms with E-state index >= 15 is 8.78 Å². The normalized spacial score (nSPS) is 23.4. The number of terminal acetylenes is 1. The number of benzene rings is 3. The average Bonchev–Trinajstić information content (AvgIpc) is 4.12. The molecule has 8 heterocycles. The number of aromatic nitrogens is 3. The molecule has 0 radical (unpaired) electrons. The third kappa shape index (κ3) is 8.96. The van der Waals surface area contributed by atoms with Crippen LogP contribution in [0.1, 0.15) is 90.8 Å². The molecule has 2 aromatic heterocycles. The number of nitrogens with zero attached hydrogens (tertiary/aromatic N) is 7. The molecule has 14 nitrogen and oxygen atoms in total. The number of halogens is 2. The molecule has 0 spiro atoms. The molecule has 2 bridgehead atoms. The number of hydrogen-bond donors (Lipinski definition) is 3. The average molecular weight is 978 g/mol. The SMILES string of the molecule is C#Cc1c(F)ccc2cccc(-c3ncc4c(N5CC6CCC(C5)N6)nc(OCC56CCC(CN7CCC(c8cccc9c8CN(C(CCC=C)C(=O)NC)C9=O)CC7)N5CC(=C)C6)nc4c3F)c12.O=CO. The van der Waals surface area contributed by atoms with Crippen LogP contribution in [0.25, 0.3) is 32.9 Å². The lowest BCUT2D eigenvalue weighted by Gasteiger charge is -2.38. The van der Waals surface area contributed by atoms with Crippen molar-refractivity contribution in [1.82, 2.24) is 40.3 Å². The predicted molar refractivity (Wildman–Crippen MR) is 273 cm³/mol. The molecular formula is C56H61F2N9O5. The van der Waals surface area contributed by atoms with Gasteiger partial charge in [0.25, 0.3) is 12.4 Å². The maximum atomic E-state index is 17.3. The van der Waals surface area contributed by atoms with Gasteiger partial charge in [0.15, 0.2) is 5.82 Å². The van der Waals surface area contributed by atoms with Crippen molar-refractivity contribution in [2.24, 2.45) is 0 Å². The molecule has 5 unspecified atom stereocenters. The maximum Gasteiger partial charge on any atom is 0.319 e. The maximum absolute atomic E-state index is 17.3. The van der Waals surface area contributed by atoms with Crippen molar-refractivity contribution in [3.63, 3.8) is 0 Å². The molecule has 3 aromatic carbocycles. The van der Waals surface area contributed by atoms with Crippen LogP contribution in [0.2, 0.25) is 0 Å². The fourth-order valence-corrected chi connectivity index (χ4v) is 12.8. The highest BCUT2D eigenvalue weighted by Gasteiger charge is 2.52. The van der Waals surface area contributed by atoms with E-state index in [-0.39, 0.29) is 46.6 Å². The Morgan fingerprint density at radius 3 is 2.54 bits per heavy atom. The zero-order chi connectivity index (χ0) is 50.3. The third-order valence-electron chi connectivity index (χ3n) is 16.1. The second kappa shape index (κ2) is 20.4. The van der Waals surface area contributed by atoms with Crippen LogP contribution in [0.3, 0.4) is 0 Å². The highest BCUT2D eigenvalue weighted by molar-refractivity contribution is 6.03. The Balaban J connectivity index is 0.00000194. The second-order valence-corrected chi connectivity index (χ2v) is 20.3. The van der Waals surface area contributed by atoms with Crippen molar-refractivity contribution < 1.29 is 33.0 Å². The minimum Gasteiger partial charge on any atom is -0.483 e. The smallest absolute Gasteiger partial charge is 0.319 e. The van der Waals surface area contributed by atoms with Gasteiger partial charge in [0.2, 0.25) is 5.91 Å². The number of likely N-dealkylation sites (tertiary alicyclic amines) is 1. The topological polar surface area (TPSA) is 156 Å². The van der Waals surface area contributed by atoms with Gasteiger partial charge in [-0.05, 0) is 105 Å². The van der Waals surface area contributed by atoms with Crippen LogP contribution < -0.4 is 20.3 Å². The minimum absolute atomic E-state index is 0.0334. The summed E-state index contributed by atoms with van der Waals surface area (Å²) in [6, 6.07) is 14.9. The number of piperidine rings is 1. The molecule has 5 fully saturated rings. The number of anilines is 1. The van der Waals surface area contributed by atoms with Crippen molar-refractivity contribution in [1.29, 1.82) is 0 Å². The number of carbonyl (C=O) groups is 3. The lowest BCUT2D eigenvalue weighted by Crippen LogP contribution is -2.51. The van der Waals surface area contributed by atoms with Crippen LogP contribution in [-0.4, -0.2) is 136 Å². The first-order chi connectivity index (χ1) is 35.0. The van der Waals surface area contributed by atoms with Gasteiger partial charge in [-0.1, -0.05) is 60.5 Å². The number of rotatable bonds is 13. The highest BCUT2D eigenvalue weighted by atomic mass is 19.1. The lowest BCUT2D eigenvalue weighted by molar-refractivity contribution is -0.125. The first-order valence-corrected chi connectivity index (χ1v) is 25.1. The Bertz CT molecular complexity index is 3000. The van der Waals surface area contributed by atoms with Gasteiger partial charge < -0.3 is 35.2 Å². The molecule has 5 atom stereocenters. The summed E-state index contributed by atoms with van der Waals surface area (Å²) in [4.78, 5) is 58.6. The van der Waals surface area contributed by atoms with Gasteiger partial charge >= 0.3 is 6.01 Å². The van der Waals surface area contributed by atoms with E-state index in [4.69, 9.17) is 31.0 Å². The number of pyridine rings is 1. The van der Waals surface area contributed by atoms with Crippen LogP contribution in [0.15, 0.2) is 79.5 Å². The quantitative estimate of drug-likeness (QED) is 0.0621. The van der Waals surface area contributed by atoms with Gasteiger partial charge in [-0.15, -0.1) is 13.0 Å². The number of piperazine rings is 1. The molecule has 6 aliphatic heterocycles. The summed E-state index contributed by atoms with van der Waals surface area (Å²) in [5.41, 5.74) is 4.46. The van der Waals surface area contributed by atoms with Crippen LogP contribution in [0.5, 0.6) is 6.01 Å². The Labute approximate surface area is 418 Å². The van der Waals surface area contributed by atoms with Gasteiger partial charge in [-0.2, -0.15) is 9.97 Å². The number of amides is 2. The van der Waals surface area contributed by atoms with Gasteiger partial charge in [-0.3, -0.25) is 24.3 Å². The van der Waals surface area contributed by atoms with E-state index in [2.05, 4.69) is 55.5 Å². The Morgan fingerprint density at radius 2 is 1.81 bits per heavy atom.